The lowest BCUT2D eigenvalue weighted by Gasteiger charge is -2.27. The second-order valence-corrected chi connectivity index (χ2v) is 6.13. The van der Waals surface area contributed by atoms with Crippen molar-refractivity contribution in [2.24, 2.45) is 5.92 Å². The molecule has 18 heavy (non-hydrogen) atoms. The van der Waals surface area contributed by atoms with Crippen LogP contribution in [0.2, 0.25) is 0 Å². The minimum atomic E-state index is 0.0558. The third kappa shape index (κ3) is 4.27. The minimum absolute atomic E-state index is 0.0558. The summed E-state index contributed by atoms with van der Waals surface area (Å²) in [7, 11) is 0. The molecule has 0 aromatic carbocycles. The van der Waals surface area contributed by atoms with E-state index < -0.39 is 0 Å². The van der Waals surface area contributed by atoms with Crippen LogP contribution in [-0.4, -0.2) is 24.5 Å². The van der Waals surface area contributed by atoms with Crippen molar-refractivity contribution in [1.82, 2.24) is 10.6 Å². The Bertz CT molecular complexity index is 261. The molecule has 2 rings (SSSR count). The van der Waals surface area contributed by atoms with Crippen LogP contribution < -0.4 is 10.6 Å². The van der Waals surface area contributed by atoms with Gasteiger partial charge >= 0.3 is 0 Å². The molecule has 0 aromatic rings. The SMILES string of the molecule is CC1CCCC(C(=O)NCCCC2CCCC2)N1. The fourth-order valence-electron chi connectivity index (χ4n) is 3.37. The molecule has 1 aliphatic heterocycles. The Morgan fingerprint density at radius 2 is 1.94 bits per heavy atom. The standard InChI is InChI=1S/C15H28N2O/c1-12-6-4-10-14(17-12)15(18)16-11-5-9-13-7-2-3-8-13/h12-14,17H,2-11H2,1H3,(H,16,18). The maximum atomic E-state index is 12.0. The van der Waals surface area contributed by atoms with E-state index in [0.29, 0.717) is 6.04 Å². The first kappa shape index (κ1) is 13.9. The van der Waals surface area contributed by atoms with Crippen molar-refractivity contribution in [2.45, 2.75) is 76.8 Å². The Labute approximate surface area is 111 Å². The van der Waals surface area contributed by atoms with E-state index in [2.05, 4.69) is 17.6 Å². The average molecular weight is 252 g/mol. The summed E-state index contributed by atoms with van der Waals surface area (Å²) < 4.78 is 0. The van der Waals surface area contributed by atoms with E-state index in [1.54, 1.807) is 0 Å². The van der Waals surface area contributed by atoms with Gasteiger partial charge in [0.15, 0.2) is 0 Å². The summed E-state index contributed by atoms with van der Waals surface area (Å²) in [6, 6.07) is 0.549. The number of carbonyl (C=O) groups excluding carboxylic acids is 1. The van der Waals surface area contributed by atoms with E-state index in [1.807, 2.05) is 0 Å². The normalized spacial score (nSPS) is 29.4. The van der Waals surface area contributed by atoms with Crippen LogP contribution in [0.3, 0.4) is 0 Å². The number of piperidine rings is 1. The average Bonchev–Trinajstić information content (AvgIpc) is 2.87. The summed E-state index contributed by atoms with van der Waals surface area (Å²) in [6.45, 7) is 3.03. The quantitative estimate of drug-likeness (QED) is 0.738. The van der Waals surface area contributed by atoms with E-state index >= 15 is 0 Å². The van der Waals surface area contributed by atoms with Crippen LogP contribution in [0.15, 0.2) is 0 Å². The lowest BCUT2D eigenvalue weighted by atomic mass is 9.99. The highest BCUT2D eigenvalue weighted by Gasteiger charge is 2.23. The number of rotatable bonds is 5. The zero-order chi connectivity index (χ0) is 12.8. The van der Waals surface area contributed by atoms with Crippen LogP contribution in [-0.2, 0) is 4.79 Å². The van der Waals surface area contributed by atoms with Gasteiger partial charge in [-0.15, -0.1) is 0 Å². The number of amides is 1. The Morgan fingerprint density at radius 3 is 2.67 bits per heavy atom. The molecule has 3 heteroatoms. The number of carbonyl (C=O) groups is 1. The van der Waals surface area contributed by atoms with Crippen molar-refractivity contribution >= 4 is 5.91 Å². The van der Waals surface area contributed by atoms with E-state index in [1.165, 1.54) is 44.9 Å². The molecular weight excluding hydrogens is 224 g/mol. The van der Waals surface area contributed by atoms with Gasteiger partial charge in [0.2, 0.25) is 5.91 Å². The summed E-state index contributed by atoms with van der Waals surface area (Å²) in [4.78, 5) is 12.0. The molecule has 2 atom stereocenters. The topological polar surface area (TPSA) is 41.1 Å². The van der Waals surface area contributed by atoms with Crippen molar-refractivity contribution in [3.8, 4) is 0 Å². The van der Waals surface area contributed by atoms with Gasteiger partial charge in [0.05, 0.1) is 6.04 Å². The molecule has 104 valence electrons. The molecule has 0 aromatic heterocycles. The largest absolute Gasteiger partial charge is 0.355 e. The minimum Gasteiger partial charge on any atom is -0.355 e. The van der Waals surface area contributed by atoms with Crippen molar-refractivity contribution in [2.75, 3.05) is 6.54 Å². The summed E-state index contributed by atoms with van der Waals surface area (Å²) in [5.41, 5.74) is 0. The molecule has 2 N–H and O–H groups in total. The summed E-state index contributed by atoms with van der Waals surface area (Å²) in [6.07, 6.45) is 11.5. The zero-order valence-electron chi connectivity index (χ0n) is 11.7. The molecule has 2 aliphatic rings. The molecule has 1 saturated heterocycles. The number of hydrogen-bond donors (Lipinski definition) is 2. The van der Waals surface area contributed by atoms with E-state index in [9.17, 15) is 4.79 Å². The fourth-order valence-corrected chi connectivity index (χ4v) is 3.37. The molecule has 1 saturated carbocycles. The predicted molar refractivity (Wildman–Crippen MR) is 74.4 cm³/mol. The molecular formula is C15H28N2O. The monoisotopic (exact) mass is 252 g/mol. The maximum Gasteiger partial charge on any atom is 0.237 e. The van der Waals surface area contributed by atoms with Crippen LogP contribution in [0.5, 0.6) is 0 Å². The highest BCUT2D eigenvalue weighted by molar-refractivity contribution is 5.81. The van der Waals surface area contributed by atoms with E-state index in [4.69, 9.17) is 0 Å². The molecule has 3 nitrogen and oxygen atoms in total. The van der Waals surface area contributed by atoms with E-state index in [-0.39, 0.29) is 11.9 Å². The predicted octanol–water partition coefficient (Wildman–Crippen LogP) is 2.60. The third-order valence-corrected chi connectivity index (χ3v) is 4.50. The van der Waals surface area contributed by atoms with Gasteiger partial charge in [-0.3, -0.25) is 4.79 Å². The van der Waals surface area contributed by atoms with Gasteiger partial charge in [-0.1, -0.05) is 25.7 Å². The maximum absolute atomic E-state index is 12.0. The highest BCUT2D eigenvalue weighted by Crippen LogP contribution is 2.28. The van der Waals surface area contributed by atoms with Crippen LogP contribution >= 0.6 is 0 Å². The summed E-state index contributed by atoms with van der Waals surface area (Å²) in [5, 5.41) is 6.48. The molecule has 2 fully saturated rings. The molecule has 1 amide bonds. The summed E-state index contributed by atoms with van der Waals surface area (Å²) >= 11 is 0. The molecule has 0 spiro atoms. The van der Waals surface area contributed by atoms with E-state index in [0.717, 1.165) is 25.3 Å². The van der Waals surface area contributed by atoms with Crippen LogP contribution in [0.1, 0.15) is 64.7 Å². The van der Waals surface area contributed by atoms with Gasteiger partial charge in [0.25, 0.3) is 0 Å². The molecule has 1 aliphatic carbocycles. The smallest absolute Gasteiger partial charge is 0.237 e. The second-order valence-electron chi connectivity index (χ2n) is 6.13. The Balaban J connectivity index is 1.56. The summed E-state index contributed by atoms with van der Waals surface area (Å²) in [5.74, 6) is 1.16. The Kier molecular flexibility index (Phi) is 5.48. The van der Waals surface area contributed by atoms with Crippen molar-refractivity contribution in [3.63, 3.8) is 0 Å². The number of hydrogen-bond acceptors (Lipinski definition) is 2. The molecule has 1 heterocycles. The van der Waals surface area contributed by atoms with Gasteiger partial charge in [0.1, 0.15) is 0 Å². The number of nitrogens with one attached hydrogen (secondary N) is 2. The lowest BCUT2D eigenvalue weighted by molar-refractivity contribution is -0.123. The zero-order valence-corrected chi connectivity index (χ0v) is 11.7. The molecule has 0 bridgehead atoms. The fraction of sp³-hybridized carbons (Fsp3) is 0.933. The van der Waals surface area contributed by atoms with Gasteiger partial charge in [-0.05, 0) is 44.9 Å². The molecule has 2 unspecified atom stereocenters. The lowest BCUT2D eigenvalue weighted by Crippen LogP contribution is -2.50. The van der Waals surface area contributed by atoms with Crippen LogP contribution in [0.4, 0.5) is 0 Å². The van der Waals surface area contributed by atoms with Gasteiger partial charge in [-0.2, -0.15) is 0 Å². The van der Waals surface area contributed by atoms with Crippen LogP contribution in [0, 0.1) is 5.92 Å². The highest BCUT2D eigenvalue weighted by atomic mass is 16.2. The Hall–Kier alpha value is -0.570. The molecule has 0 radical (unpaired) electrons. The van der Waals surface area contributed by atoms with Crippen molar-refractivity contribution in [3.05, 3.63) is 0 Å². The first-order valence-electron chi connectivity index (χ1n) is 7.79. The van der Waals surface area contributed by atoms with Crippen LogP contribution in [0.25, 0.3) is 0 Å². The van der Waals surface area contributed by atoms with Crippen molar-refractivity contribution in [1.29, 1.82) is 0 Å². The first-order valence-corrected chi connectivity index (χ1v) is 7.79. The third-order valence-electron chi connectivity index (χ3n) is 4.50. The van der Waals surface area contributed by atoms with Gasteiger partial charge < -0.3 is 10.6 Å². The second kappa shape index (κ2) is 7.13. The van der Waals surface area contributed by atoms with Gasteiger partial charge in [0, 0.05) is 12.6 Å². The van der Waals surface area contributed by atoms with Crippen molar-refractivity contribution < 1.29 is 4.79 Å². The van der Waals surface area contributed by atoms with Gasteiger partial charge in [-0.25, -0.2) is 0 Å². The Morgan fingerprint density at radius 1 is 1.17 bits per heavy atom. The first-order chi connectivity index (χ1) is 8.75.